The summed E-state index contributed by atoms with van der Waals surface area (Å²) >= 11 is 0. The van der Waals surface area contributed by atoms with Crippen molar-refractivity contribution < 1.29 is 12.8 Å². The van der Waals surface area contributed by atoms with Crippen molar-refractivity contribution in [2.45, 2.75) is 31.7 Å². The molecule has 3 aromatic carbocycles. The molecule has 0 radical (unpaired) electrons. The van der Waals surface area contributed by atoms with E-state index in [-0.39, 0.29) is 23.5 Å². The van der Waals surface area contributed by atoms with Gasteiger partial charge in [-0.1, -0.05) is 48.0 Å². The topological polar surface area (TPSA) is 70.2 Å². The van der Waals surface area contributed by atoms with E-state index in [2.05, 4.69) is 4.98 Å². The van der Waals surface area contributed by atoms with Gasteiger partial charge in [-0.2, -0.15) is 4.31 Å². The average molecular weight is 465 g/mol. The summed E-state index contributed by atoms with van der Waals surface area (Å²) < 4.78 is 41.6. The van der Waals surface area contributed by atoms with E-state index in [1.54, 1.807) is 6.07 Å². The highest BCUT2D eigenvalue weighted by Gasteiger charge is 2.26. The summed E-state index contributed by atoms with van der Waals surface area (Å²) in [5.41, 5.74) is 3.78. The van der Waals surface area contributed by atoms with Gasteiger partial charge in [0.25, 0.3) is 5.56 Å². The summed E-state index contributed by atoms with van der Waals surface area (Å²) in [6, 6.07) is 20.0. The van der Waals surface area contributed by atoms with E-state index in [1.165, 1.54) is 16.4 Å². The van der Waals surface area contributed by atoms with E-state index in [0.29, 0.717) is 12.0 Å². The molecule has 4 aromatic rings. The number of H-pyrrole nitrogens is 1. The van der Waals surface area contributed by atoms with Gasteiger partial charge in [0, 0.05) is 18.7 Å². The molecule has 0 fully saturated rings. The Balaban J connectivity index is 1.72. The summed E-state index contributed by atoms with van der Waals surface area (Å²) in [5, 5.41) is 0.836. The molecule has 7 heteroatoms. The van der Waals surface area contributed by atoms with Gasteiger partial charge in [0.2, 0.25) is 10.0 Å². The Hall–Kier alpha value is -3.29. The van der Waals surface area contributed by atoms with E-state index < -0.39 is 15.8 Å². The third-order valence-corrected chi connectivity index (χ3v) is 7.55. The van der Waals surface area contributed by atoms with E-state index >= 15 is 0 Å². The molecule has 0 saturated heterocycles. The number of hydrogen-bond acceptors (Lipinski definition) is 3. The van der Waals surface area contributed by atoms with Crippen molar-refractivity contribution >= 4 is 20.9 Å². The molecule has 33 heavy (non-hydrogen) atoms. The highest BCUT2D eigenvalue weighted by atomic mass is 32.2. The number of nitrogens with one attached hydrogen (secondary N) is 1. The minimum atomic E-state index is -3.96. The number of aromatic nitrogens is 1. The molecule has 1 heterocycles. The van der Waals surface area contributed by atoms with Crippen LogP contribution in [-0.4, -0.2) is 24.3 Å². The van der Waals surface area contributed by atoms with Gasteiger partial charge in [-0.05, 0) is 67.1 Å². The van der Waals surface area contributed by atoms with Gasteiger partial charge in [0.1, 0.15) is 5.82 Å². The van der Waals surface area contributed by atoms with Crippen molar-refractivity contribution in [3.8, 4) is 0 Å². The third kappa shape index (κ3) is 5.05. The zero-order valence-electron chi connectivity index (χ0n) is 18.5. The number of rotatable bonds is 7. The first-order valence-corrected chi connectivity index (χ1v) is 12.1. The van der Waals surface area contributed by atoms with E-state index in [4.69, 9.17) is 0 Å². The van der Waals surface area contributed by atoms with Crippen molar-refractivity contribution in [3.63, 3.8) is 0 Å². The predicted octanol–water partition coefficient (Wildman–Crippen LogP) is 4.72. The van der Waals surface area contributed by atoms with Crippen LogP contribution in [0.2, 0.25) is 0 Å². The molecule has 4 rings (SSSR count). The molecule has 0 aliphatic carbocycles. The monoisotopic (exact) mass is 464 g/mol. The van der Waals surface area contributed by atoms with Crippen molar-refractivity contribution in [1.29, 1.82) is 0 Å². The molecule has 1 N–H and O–H groups in total. The molecule has 0 spiro atoms. The van der Waals surface area contributed by atoms with Crippen LogP contribution in [0.1, 0.15) is 22.3 Å². The SMILES string of the molecule is Cc1cccc(CCN(Cc2cc3cccc(C)c3[nH]c2=O)S(=O)(=O)c2ccc(F)cc2)c1. The Morgan fingerprint density at radius 3 is 2.39 bits per heavy atom. The maximum atomic E-state index is 13.5. The van der Waals surface area contributed by atoms with Crippen LogP contribution in [0.3, 0.4) is 0 Å². The number of halogens is 1. The zero-order chi connectivity index (χ0) is 23.6. The lowest BCUT2D eigenvalue weighted by atomic mass is 10.1. The normalized spacial score (nSPS) is 11.9. The summed E-state index contributed by atoms with van der Waals surface area (Å²) in [5.74, 6) is -0.512. The first-order chi connectivity index (χ1) is 15.7. The highest BCUT2D eigenvalue weighted by Crippen LogP contribution is 2.21. The highest BCUT2D eigenvalue weighted by molar-refractivity contribution is 7.89. The lowest BCUT2D eigenvalue weighted by molar-refractivity contribution is 0.408. The molecule has 0 bridgehead atoms. The van der Waals surface area contributed by atoms with Gasteiger partial charge >= 0.3 is 0 Å². The summed E-state index contributed by atoms with van der Waals surface area (Å²) in [4.78, 5) is 15.7. The number of nitrogens with zero attached hydrogens (tertiary/aromatic N) is 1. The number of pyridine rings is 1. The third-order valence-electron chi connectivity index (χ3n) is 5.70. The molecule has 170 valence electrons. The second-order valence-corrected chi connectivity index (χ2v) is 10.1. The first kappa shape index (κ1) is 22.9. The fourth-order valence-electron chi connectivity index (χ4n) is 3.90. The Morgan fingerprint density at radius 2 is 1.67 bits per heavy atom. The second-order valence-electron chi connectivity index (χ2n) is 8.19. The van der Waals surface area contributed by atoms with Crippen molar-refractivity contribution in [3.05, 3.63) is 111 Å². The van der Waals surface area contributed by atoms with Crippen LogP contribution in [0.5, 0.6) is 0 Å². The number of aryl methyl sites for hydroxylation is 2. The lowest BCUT2D eigenvalue weighted by Gasteiger charge is -2.22. The number of hydrogen-bond donors (Lipinski definition) is 1. The van der Waals surface area contributed by atoms with Crippen LogP contribution in [0.4, 0.5) is 4.39 Å². The number of benzene rings is 3. The van der Waals surface area contributed by atoms with E-state index in [9.17, 15) is 17.6 Å². The minimum Gasteiger partial charge on any atom is -0.321 e. The molecule has 0 aliphatic heterocycles. The van der Waals surface area contributed by atoms with Gasteiger partial charge in [-0.3, -0.25) is 4.79 Å². The van der Waals surface area contributed by atoms with Crippen molar-refractivity contribution in [2.24, 2.45) is 0 Å². The second kappa shape index (κ2) is 9.29. The molecule has 5 nitrogen and oxygen atoms in total. The molecule has 0 unspecified atom stereocenters. The molecular formula is C26H25FN2O3S. The summed E-state index contributed by atoms with van der Waals surface area (Å²) in [6.45, 7) is 3.97. The average Bonchev–Trinajstić information content (AvgIpc) is 2.78. The van der Waals surface area contributed by atoms with Crippen LogP contribution in [0.15, 0.2) is 82.5 Å². The quantitative estimate of drug-likeness (QED) is 0.430. The lowest BCUT2D eigenvalue weighted by Crippen LogP contribution is -2.34. The largest absolute Gasteiger partial charge is 0.321 e. The molecule has 1 aromatic heterocycles. The van der Waals surface area contributed by atoms with Gasteiger partial charge in [-0.15, -0.1) is 0 Å². The Morgan fingerprint density at radius 1 is 0.939 bits per heavy atom. The maximum absolute atomic E-state index is 13.5. The molecular weight excluding hydrogens is 439 g/mol. The number of sulfonamides is 1. The van der Waals surface area contributed by atoms with Crippen molar-refractivity contribution in [1.82, 2.24) is 9.29 Å². The Bertz CT molecular complexity index is 1460. The van der Waals surface area contributed by atoms with E-state index in [0.717, 1.165) is 39.7 Å². The number of para-hydroxylation sites is 1. The Labute approximate surface area is 192 Å². The minimum absolute atomic E-state index is 0.0128. The number of aromatic amines is 1. The van der Waals surface area contributed by atoms with Gasteiger partial charge in [-0.25, -0.2) is 12.8 Å². The Kier molecular flexibility index (Phi) is 6.44. The first-order valence-electron chi connectivity index (χ1n) is 10.7. The van der Waals surface area contributed by atoms with Crippen molar-refractivity contribution in [2.75, 3.05) is 6.54 Å². The van der Waals surface area contributed by atoms with Gasteiger partial charge in [0.05, 0.1) is 10.4 Å². The van der Waals surface area contributed by atoms with Crippen LogP contribution < -0.4 is 5.56 Å². The number of fused-ring (bicyclic) bond motifs is 1. The summed E-state index contributed by atoms with van der Waals surface area (Å²) in [6.07, 6.45) is 0.479. The smallest absolute Gasteiger partial charge is 0.252 e. The molecule has 0 amide bonds. The van der Waals surface area contributed by atoms with Crippen LogP contribution >= 0.6 is 0 Å². The van der Waals surface area contributed by atoms with Crippen LogP contribution in [0.25, 0.3) is 10.9 Å². The summed E-state index contributed by atoms with van der Waals surface area (Å²) in [7, 11) is -3.96. The zero-order valence-corrected chi connectivity index (χ0v) is 19.3. The molecule has 0 aliphatic rings. The molecule has 0 saturated carbocycles. The van der Waals surface area contributed by atoms with Crippen LogP contribution in [0, 0.1) is 19.7 Å². The fraction of sp³-hybridized carbons (Fsp3) is 0.192. The van der Waals surface area contributed by atoms with Crippen LogP contribution in [-0.2, 0) is 23.0 Å². The molecule has 0 atom stereocenters. The fourth-order valence-corrected chi connectivity index (χ4v) is 5.32. The standard InChI is InChI=1S/C26H25FN2O3S/c1-18-5-3-7-20(15-18)13-14-29(33(31,32)24-11-9-23(27)10-12-24)17-22-16-21-8-4-6-19(2)25(21)28-26(22)30/h3-12,15-16H,13-14,17H2,1-2H3,(H,28,30). The van der Waals surface area contributed by atoms with Gasteiger partial charge < -0.3 is 4.98 Å². The van der Waals surface area contributed by atoms with E-state index in [1.807, 2.05) is 56.3 Å². The predicted molar refractivity (Wildman–Crippen MR) is 128 cm³/mol. The maximum Gasteiger partial charge on any atom is 0.252 e. The van der Waals surface area contributed by atoms with Gasteiger partial charge in [0.15, 0.2) is 0 Å².